The summed E-state index contributed by atoms with van der Waals surface area (Å²) >= 11 is -1.10. The molecule has 1 unspecified atom stereocenters. The number of sulfonamides is 1. The number of nitrogens with one attached hydrogen (secondary N) is 1. The van der Waals surface area contributed by atoms with Crippen molar-refractivity contribution in [1.82, 2.24) is 9.46 Å². The van der Waals surface area contributed by atoms with E-state index in [0.717, 1.165) is 17.1 Å². The summed E-state index contributed by atoms with van der Waals surface area (Å²) in [4.78, 5) is 12.6. The standard InChI is InChI=1S/C18H21N3O6S2/c1-3-4-9-28(24)11-12-10-15(20-27-12)19-18(23)16-17(22)13-7-5-6-8-14(13)29(25,26)21(16)2/h5-8,10,22H,3-4,9,11H2,1-2H3,(H,19,20,23). The first-order valence-electron chi connectivity index (χ1n) is 8.89. The van der Waals surface area contributed by atoms with Gasteiger partial charge in [-0.05, 0) is 29.7 Å². The van der Waals surface area contributed by atoms with Crippen LogP contribution in [0.4, 0.5) is 5.82 Å². The number of aliphatic hydroxyl groups is 1. The number of aliphatic hydroxyl groups excluding tert-OH is 1. The van der Waals surface area contributed by atoms with Gasteiger partial charge in [0.1, 0.15) is 5.75 Å². The van der Waals surface area contributed by atoms with Gasteiger partial charge in [0.2, 0.25) is 0 Å². The molecule has 0 fully saturated rings. The molecule has 0 saturated heterocycles. The minimum absolute atomic E-state index is 0.0300. The minimum Gasteiger partial charge on any atom is -0.616 e. The van der Waals surface area contributed by atoms with E-state index < -0.39 is 38.6 Å². The van der Waals surface area contributed by atoms with Gasteiger partial charge < -0.3 is 19.5 Å². The van der Waals surface area contributed by atoms with Crippen LogP contribution in [0, 0.1) is 0 Å². The summed E-state index contributed by atoms with van der Waals surface area (Å²) in [5.74, 6) is -0.250. The molecule has 0 spiro atoms. The smallest absolute Gasteiger partial charge is 0.278 e. The highest BCUT2D eigenvalue weighted by atomic mass is 32.2. The van der Waals surface area contributed by atoms with Crippen molar-refractivity contribution in [3.8, 4) is 0 Å². The molecule has 0 saturated carbocycles. The van der Waals surface area contributed by atoms with Crippen molar-refractivity contribution in [2.45, 2.75) is 30.4 Å². The maximum atomic E-state index is 12.7. The molecule has 3 rings (SSSR count). The molecule has 2 N–H and O–H groups in total. The van der Waals surface area contributed by atoms with Crippen LogP contribution in [-0.2, 0) is 31.7 Å². The van der Waals surface area contributed by atoms with E-state index in [1.54, 1.807) is 6.07 Å². The summed E-state index contributed by atoms with van der Waals surface area (Å²) in [6, 6.07) is 7.29. The summed E-state index contributed by atoms with van der Waals surface area (Å²) < 4.78 is 43.1. The molecule has 156 valence electrons. The SMILES string of the molecule is CCCC[S+]([O-])Cc1cc(NC(=O)C2=C(O)c3ccccc3S(=O)(=O)N2C)no1. The van der Waals surface area contributed by atoms with Crippen molar-refractivity contribution in [3.05, 3.63) is 47.4 Å². The lowest BCUT2D eigenvalue weighted by molar-refractivity contribution is -0.113. The van der Waals surface area contributed by atoms with Gasteiger partial charge in [0.25, 0.3) is 15.9 Å². The third-order valence-electron chi connectivity index (χ3n) is 4.36. The van der Waals surface area contributed by atoms with E-state index in [4.69, 9.17) is 4.52 Å². The number of aromatic nitrogens is 1. The van der Waals surface area contributed by atoms with Crippen molar-refractivity contribution in [3.63, 3.8) is 0 Å². The van der Waals surface area contributed by atoms with E-state index in [0.29, 0.717) is 11.5 Å². The molecule has 0 bridgehead atoms. The average Bonchev–Trinajstić information content (AvgIpc) is 3.11. The molecule has 1 atom stereocenters. The number of nitrogens with zero attached hydrogens (tertiary/aromatic N) is 2. The number of likely N-dealkylation sites (N-methyl/N-ethyl adjacent to an activating group) is 1. The monoisotopic (exact) mass is 439 g/mol. The Morgan fingerprint density at radius 2 is 2.10 bits per heavy atom. The largest absolute Gasteiger partial charge is 0.616 e. The van der Waals surface area contributed by atoms with Crippen molar-refractivity contribution in [1.29, 1.82) is 0 Å². The number of unbranched alkanes of at least 4 members (excludes halogenated alkanes) is 1. The Kier molecular flexibility index (Phi) is 6.20. The van der Waals surface area contributed by atoms with Crippen LogP contribution in [0.1, 0.15) is 31.1 Å². The lowest BCUT2D eigenvalue weighted by atomic mass is 10.1. The number of carbonyl (C=O) groups is 1. The van der Waals surface area contributed by atoms with E-state index in [1.165, 1.54) is 31.3 Å². The van der Waals surface area contributed by atoms with Gasteiger partial charge in [-0.1, -0.05) is 30.6 Å². The van der Waals surface area contributed by atoms with Crippen LogP contribution in [0.3, 0.4) is 0 Å². The van der Waals surface area contributed by atoms with Crippen molar-refractivity contribution >= 4 is 38.7 Å². The van der Waals surface area contributed by atoms with Gasteiger partial charge in [0.15, 0.2) is 28.8 Å². The third kappa shape index (κ3) is 4.26. The molecule has 1 amide bonds. The van der Waals surface area contributed by atoms with Crippen LogP contribution in [0.25, 0.3) is 5.76 Å². The number of carbonyl (C=O) groups excluding carboxylic acids is 1. The minimum atomic E-state index is -3.99. The Labute approximate surface area is 171 Å². The van der Waals surface area contributed by atoms with Gasteiger partial charge >= 0.3 is 0 Å². The fourth-order valence-electron chi connectivity index (χ4n) is 2.83. The van der Waals surface area contributed by atoms with E-state index in [2.05, 4.69) is 10.5 Å². The number of hydrogen-bond donors (Lipinski definition) is 2. The lowest BCUT2D eigenvalue weighted by Crippen LogP contribution is -2.37. The highest BCUT2D eigenvalue weighted by Gasteiger charge is 2.37. The van der Waals surface area contributed by atoms with Crippen LogP contribution in [0.2, 0.25) is 0 Å². The van der Waals surface area contributed by atoms with Gasteiger partial charge in [-0.25, -0.2) is 8.42 Å². The molecule has 11 heteroatoms. The Morgan fingerprint density at radius 3 is 2.83 bits per heavy atom. The lowest BCUT2D eigenvalue weighted by Gasteiger charge is -2.28. The molecule has 2 aromatic rings. The number of rotatable bonds is 7. The van der Waals surface area contributed by atoms with Crippen molar-refractivity contribution in [2.75, 3.05) is 18.1 Å². The first-order chi connectivity index (χ1) is 13.8. The zero-order valence-corrected chi connectivity index (χ0v) is 17.5. The van der Waals surface area contributed by atoms with Gasteiger partial charge in [0, 0.05) is 18.7 Å². The predicted molar refractivity (Wildman–Crippen MR) is 108 cm³/mol. The second-order valence-electron chi connectivity index (χ2n) is 6.44. The topological polar surface area (TPSA) is 136 Å². The number of amides is 1. The van der Waals surface area contributed by atoms with Gasteiger partial charge in [-0.15, -0.1) is 0 Å². The molecule has 1 aromatic heterocycles. The molecule has 29 heavy (non-hydrogen) atoms. The van der Waals surface area contributed by atoms with E-state index >= 15 is 0 Å². The molecule has 1 aliphatic heterocycles. The predicted octanol–water partition coefficient (Wildman–Crippen LogP) is 2.22. The zero-order valence-electron chi connectivity index (χ0n) is 15.9. The van der Waals surface area contributed by atoms with Crippen molar-refractivity contribution < 1.29 is 27.4 Å². The van der Waals surface area contributed by atoms with Crippen molar-refractivity contribution in [2.24, 2.45) is 0 Å². The summed E-state index contributed by atoms with van der Waals surface area (Å²) in [5.41, 5.74) is -0.386. The maximum Gasteiger partial charge on any atom is 0.278 e. The fourth-order valence-corrected chi connectivity index (χ4v) is 5.44. The van der Waals surface area contributed by atoms with E-state index in [9.17, 15) is 22.9 Å². The summed E-state index contributed by atoms with van der Waals surface area (Å²) in [7, 11) is -2.81. The summed E-state index contributed by atoms with van der Waals surface area (Å²) in [6.07, 6.45) is 1.77. The third-order valence-corrected chi connectivity index (χ3v) is 7.53. The first kappa shape index (κ1) is 21.2. The zero-order chi connectivity index (χ0) is 21.2. The highest BCUT2D eigenvalue weighted by molar-refractivity contribution is 7.90. The molecule has 1 aromatic carbocycles. The quantitative estimate of drug-likeness (QED) is 0.631. The summed E-state index contributed by atoms with van der Waals surface area (Å²) in [5, 5.41) is 16.6. The number of anilines is 1. The highest BCUT2D eigenvalue weighted by Crippen LogP contribution is 2.34. The number of fused-ring (bicyclic) bond motifs is 1. The average molecular weight is 440 g/mol. The molecule has 0 aliphatic carbocycles. The molecule has 2 heterocycles. The second kappa shape index (κ2) is 8.47. The molecular formula is C18H21N3O6S2. The van der Waals surface area contributed by atoms with Crippen LogP contribution < -0.4 is 5.32 Å². The Morgan fingerprint density at radius 1 is 1.38 bits per heavy atom. The number of benzene rings is 1. The second-order valence-corrected chi connectivity index (χ2v) is 9.95. The van der Waals surface area contributed by atoms with Gasteiger partial charge in [-0.2, -0.15) is 0 Å². The van der Waals surface area contributed by atoms with E-state index in [-0.39, 0.29) is 22.0 Å². The molecular weight excluding hydrogens is 418 g/mol. The Hall–Kier alpha value is -2.50. The molecule has 9 nitrogen and oxygen atoms in total. The summed E-state index contributed by atoms with van der Waals surface area (Å²) in [6.45, 7) is 2.00. The van der Waals surface area contributed by atoms with Gasteiger partial charge in [-0.3, -0.25) is 9.10 Å². The van der Waals surface area contributed by atoms with Gasteiger partial charge in [0.05, 0.1) is 4.90 Å². The number of hydrogen-bond acceptors (Lipinski definition) is 7. The maximum absolute atomic E-state index is 12.7. The van der Waals surface area contributed by atoms with E-state index in [1.807, 2.05) is 6.92 Å². The molecule has 1 aliphatic rings. The Balaban J connectivity index is 1.81. The van der Waals surface area contributed by atoms with Crippen LogP contribution >= 0.6 is 0 Å². The van der Waals surface area contributed by atoms with Crippen LogP contribution in [0.5, 0.6) is 0 Å². The Bertz CT molecular complexity index is 1050. The van der Waals surface area contributed by atoms with Crippen LogP contribution in [-0.4, -0.2) is 46.2 Å². The normalized spacial score (nSPS) is 16.4. The fraction of sp³-hybridized carbons (Fsp3) is 0.333. The van der Waals surface area contributed by atoms with Crippen LogP contribution in [0.15, 0.2) is 45.4 Å². The first-order valence-corrected chi connectivity index (χ1v) is 11.8. The molecule has 0 radical (unpaired) electrons.